The molecule has 0 atom stereocenters. The summed E-state index contributed by atoms with van der Waals surface area (Å²) in [7, 11) is 0. The highest BCUT2D eigenvalue weighted by molar-refractivity contribution is 5.82. The summed E-state index contributed by atoms with van der Waals surface area (Å²) in [6.07, 6.45) is 1.23. The number of rotatable bonds is 4. The zero-order valence-corrected chi connectivity index (χ0v) is 8.15. The maximum Gasteiger partial charge on any atom is 0.377 e. The molecule has 14 heavy (non-hydrogen) atoms. The van der Waals surface area contributed by atoms with E-state index in [1.807, 2.05) is 13.8 Å². The van der Waals surface area contributed by atoms with Crippen molar-refractivity contribution in [1.29, 1.82) is 0 Å². The van der Waals surface area contributed by atoms with E-state index in [4.69, 9.17) is 15.4 Å². The second-order valence-electron chi connectivity index (χ2n) is 3.09. The standard InChI is InChI=1S/C8H13N3O3/c1-3-8(9,4-2)7-10-5(6(12)13)11-14-7/h3-4,9H2,1-2H3,(H,12,13). The van der Waals surface area contributed by atoms with Crippen molar-refractivity contribution >= 4 is 5.97 Å². The normalized spacial score (nSPS) is 11.6. The van der Waals surface area contributed by atoms with Gasteiger partial charge in [0.15, 0.2) is 0 Å². The van der Waals surface area contributed by atoms with Crippen LogP contribution in [0.4, 0.5) is 0 Å². The Kier molecular flexibility index (Phi) is 2.85. The molecule has 0 radical (unpaired) electrons. The van der Waals surface area contributed by atoms with Gasteiger partial charge in [0.05, 0.1) is 5.54 Å². The van der Waals surface area contributed by atoms with Crippen molar-refractivity contribution in [2.45, 2.75) is 32.2 Å². The Morgan fingerprint density at radius 1 is 1.57 bits per heavy atom. The third-order valence-electron chi connectivity index (χ3n) is 2.31. The molecule has 6 nitrogen and oxygen atoms in total. The van der Waals surface area contributed by atoms with Crippen LogP contribution in [-0.4, -0.2) is 21.2 Å². The predicted octanol–water partition coefficient (Wildman–Crippen LogP) is 0.742. The summed E-state index contributed by atoms with van der Waals surface area (Å²) in [5.74, 6) is -1.38. The second kappa shape index (κ2) is 3.75. The molecule has 0 aliphatic rings. The van der Waals surface area contributed by atoms with Crippen LogP contribution in [-0.2, 0) is 5.54 Å². The smallest absolute Gasteiger partial charge is 0.377 e. The molecule has 1 aromatic rings. The van der Waals surface area contributed by atoms with Crippen LogP contribution in [0.15, 0.2) is 4.52 Å². The number of hydrogen-bond donors (Lipinski definition) is 2. The van der Waals surface area contributed by atoms with E-state index in [1.165, 1.54) is 0 Å². The minimum Gasteiger partial charge on any atom is -0.475 e. The summed E-state index contributed by atoms with van der Waals surface area (Å²) >= 11 is 0. The van der Waals surface area contributed by atoms with Gasteiger partial charge in [0.2, 0.25) is 5.89 Å². The van der Waals surface area contributed by atoms with Crippen LogP contribution in [0, 0.1) is 0 Å². The summed E-state index contributed by atoms with van der Waals surface area (Å²) in [5.41, 5.74) is 5.22. The SMILES string of the molecule is CCC(N)(CC)c1nc(C(=O)O)no1. The highest BCUT2D eigenvalue weighted by atomic mass is 16.5. The van der Waals surface area contributed by atoms with E-state index >= 15 is 0 Å². The molecule has 0 spiro atoms. The van der Waals surface area contributed by atoms with Gasteiger partial charge in [0.1, 0.15) is 0 Å². The van der Waals surface area contributed by atoms with Gasteiger partial charge in [0, 0.05) is 0 Å². The number of nitrogens with zero attached hydrogens (tertiary/aromatic N) is 2. The first-order valence-corrected chi connectivity index (χ1v) is 4.40. The van der Waals surface area contributed by atoms with E-state index in [9.17, 15) is 4.79 Å². The molecule has 0 bridgehead atoms. The number of hydrogen-bond acceptors (Lipinski definition) is 5. The van der Waals surface area contributed by atoms with Crippen LogP contribution < -0.4 is 5.73 Å². The molecule has 0 fully saturated rings. The zero-order chi connectivity index (χ0) is 10.8. The van der Waals surface area contributed by atoms with Gasteiger partial charge in [0.25, 0.3) is 5.82 Å². The van der Waals surface area contributed by atoms with Gasteiger partial charge in [-0.3, -0.25) is 0 Å². The van der Waals surface area contributed by atoms with Crippen LogP contribution in [0.2, 0.25) is 0 Å². The molecular weight excluding hydrogens is 186 g/mol. The van der Waals surface area contributed by atoms with Gasteiger partial charge < -0.3 is 15.4 Å². The fraction of sp³-hybridized carbons (Fsp3) is 0.625. The molecule has 0 saturated carbocycles. The Bertz CT molecular complexity index is 330. The van der Waals surface area contributed by atoms with Crippen molar-refractivity contribution in [3.63, 3.8) is 0 Å². The van der Waals surface area contributed by atoms with E-state index in [2.05, 4.69) is 10.1 Å². The van der Waals surface area contributed by atoms with Gasteiger partial charge in [-0.2, -0.15) is 4.98 Å². The van der Waals surface area contributed by atoms with Crippen LogP contribution in [0.5, 0.6) is 0 Å². The Morgan fingerprint density at radius 3 is 2.50 bits per heavy atom. The highest BCUT2D eigenvalue weighted by Gasteiger charge is 2.30. The Morgan fingerprint density at radius 2 is 2.14 bits per heavy atom. The number of carboxylic acids is 1. The first kappa shape index (κ1) is 10.6. The Hall–Kier alpha value is -1.43. The summed E-state index contributed by atoms with van der Waals surface area (Å²) in [5, 5.41) is 11.9. The molecule has 1 heterocycles. The lowest BCUT2D eigenvalue weighted by atomic mass is 9.94. The number of nitrogens with two attached hydrogens (primary N) is 1. The van der Waals surface area contributed by atoms with Crippen molar-refractivity contribution in [1.82, 2.24) is 10.1 Å². The Labute approximate surface area is 81.1 Å². The molecule has 0 saturated heterocycles. The third kappa shape index (κ3) is 1.74. The minimum atomic E-state index is -1.21. The first-order chi connectivity index (χ1) is 6.53. The van der Waals surface area contributed by atoms with Crippen LogP contribution >= 0.6 is 0 Å². The van der Waals surface area contributed by atoms with Crippen molar-refractivity contribution in [2.75, 3.05) is 0 Å². The lowest BCUT2D eigenvalue weighted by Crippen LogP contribution is -2.35. The molecule has 1 rings (SSSR count). The van der Waals surface area contributed by atoms with Crippen molar-refractivity contribution in [3.8, 4) is 0 Å². The maximum absolute atomic E-state index is 10.5. The second-order valence-corrected chi connectivity index (χ2v) is 3.09. The molecule has 0 unspecified atom stereocenters. The largest absolute Gasteiger partial charge is 0.475 e. The molecule has 0 amide bonds. The van der Waals surface area contributed by atoms with E-state index in [0.29, 0.717) is 12.8 Å². The molecule has 6 heteroatoms. The van der Waals surface area contributed by atoms with Gasteiger partial charge in [-0.15, -0.1) is 0 Å². The number of carboxylic acid groups (broad SMARTS) is 1. The molecule has 0 aliphatic carbocycles. The average Bonchev–Trinajstić information content (AvgIpc) is 2.66. The summed E-state index contributed by atoms with van der Waals surface area (Å²) in [6, 6.07) is 0. The Balaban J connectivity index is 3.01. The zero-order valence-electron chi connectivity index (χ0n) is 8.15. The molecular formula is C8H13N3O3. The number of aromatic carboxylic acids is 1. The van der Waals surface area contributed by atoms with Crippen LogP contribution in [0.1, 0.15) is 43.2 Å². The topological polar surface area (TPSA) is 102 Å². The maximum atomic E-state index is 10.5. The molecule has 78 valence electrons. The van der Waals surface area contributed by atoms with E-state index in [1.54, 1.807) is 0 Å². The lowest BCUT2D eigenvalue weighted by molar-refractivity contribution is 0.0680. The molecule has 3 N–H and O–H groups in total. The summed E-state index contributed by atoms with van der Waals surface area (Å²) in [4.78, 5) is 14.2. The van der Waals surface area contributed by atoms with Gasteiger partial charge >= 0.3 is 5.97 Å². The molecule has 0 aromatic carbocycles. The van der Waals surface area contributed by atoms with Crippen molar-refractivity contribution < 1.29 is 14.4 Å². The lowest BCUT2D eigenvalue weighted by Gasteiger charge is -2.20. The van der Waals surface area contributed by atoms with E-state index in [0.717, 1.165) is 0 Å². The van der Waals surface area contributed by atoms with Crippen LogP contribution in [0.25, 0.3) is 0 Å². The van der Waals surface area contributed by atoms with Gasteiger partial charge in [-0.25, -0.2) is 4.79 Å². The predicted molar refractivity (Wildman–Crippen MR) is 47.7 cm³/mol. The number of carbonyl (C=O) groups is 1. The summed E-state index contributed by atoms with van der Waals surface area (Å²) in [6.45, 7) is 3.77. The van der Waals surface area contributed by atoms with Crippen molar-refractivity contribution in [2.24, 2.45) is 5.73 Å². The van der Waals surface area contributed by atoms with Gasteiger partial charge in [-0.05, 0) is 18.0 Å². The number of aromatic nitrogens is 2. The average molecular weight is 199 g/mol. The van der Waals surface area contributed by atoms with E-state index < -0.39 is 11.5 Å². The minimum absolute atomic E-state index is 0.180. The van der Waals surface area contributed by atoms with Gasteiger partial charge in [-0.1, -0.05) is 13.8 Å². The monoisotopic (exact) mass is 199 g/mol. The van der Waals surface area contributed by atoms with E-state index in [-0.39, 0.29) is 11.7 Å². The third-order valence-corrected chi connectivity index (χ3v) is 2.31. The van der Waals surface area contributed by atoms with Crippen molar-refractivity contribution in [3.05, 3.63) is 11.7 Å². The molecule has 1 aromatic heterocycles. The highest BCUT2D eigenvalue weighted by Crippen LogP contribution is 2.23. The first-order valence-electron chi connectivity index (χ1n) is 4.40. The molecule has 0 aliphatic heterocycles. The summed E-state index contributed by atoms with van der Waals surface area (Å²) < 4.78 is 4.81. The van der Waals surface area contributed by atoms with Crippen LogP contribution in [0.3, 0.4) is 0 Å². The quantitative estimate of drug-likeness (QED) is 0.741. The fourth-order valence-corrected chi connectivity index (χ4v) is 1.07. The fourth-order valence-electron chi connectivity index (χ4n) is 1.07.